The minimum absolute atomic E-state index is 0.0977. The maximum absolute atomic E-state index is 8.91. The van der Waals surface area contributed by atoms with Crippen LogP contribution in [0.2, 0.25) is 0 Å². The molecule has 3 heterocycles. The van der Waals surface area contributed by atoms with Crippen molar-refractivity contribution in [2.24, 2.45) is 0 Å². The van der Waals surface area contributed by atoms with Crippen LogP contribution >= 0.6 is 0 Å². The Bertz CT molecular complexity index is 1750. The van der Waals surface area contributed by atoms with Gasteiger partial charge in [0.15, 0.2) is 0 Å². The molecule has 0 fully saturated rings. The van der Waals surface area contributed by atoms with Crippen molar-refractivity contribution in [3.8, 4) is 11.3 Å². The Hall–Kier alpha value is -3.46. The van der Waals surface area contributed by atoms with E-state index >= 15 is 0 Å². The standard InChI is InChI=1S/C26H22N2O/c1-16-7-9-20(17(2)13-16)14-19-11-12-27-24(15-19)23-6-4-5-21-22-10-8-18(3)28-26(22)29-25(21)23/h4-13,15H,14H2,1-3H3/i1D3,2D3,3D3,14D2. The lowest BCUT2D eigenvalue weighted by Crippen LogP contribution is -1.94. The van der Waals surface area contributed by atoms with Gasteiger partial charge in [-0.1, -0.05) is 35.9 Å². The summed E-state index contributed by atoms with van der Waals surface area (Å²) >= 11 is 0. The maximum atomic E-state index is 8.91. The summed E-state index contributed by atoms with van der Waals surface area (Å²) < 4.78 is 93.4. The minimum Gasteiger partial charge on any atom is -0.437 e. The number of para-hydroxylation sites is 1. The molecule has 29 heavy (non-hydrogen) atoms. The van der Waals surface area contributed by atoms with Crippen LogP contribution in [0.3, 0.4) is 0 Å². The zero-order valence-electron chi connectivity index (χ0n) is 26.2. The Morgan fingerprint density at radius 3 is 2.86 bits per heavy atom. The fourth-order valence-corrected chi connectivity index (χ4v) is 3.35. The lowest BCUT2D eigenvalue weighted by molar-refractivity contribution is 0.653. The first kappa shape index (κ1) is 9.36. The van der Waals surface area contributed by atoms with Crippen LogP contribution in [0.4, 0.5) is 0 Å². The van der Waals surface area contributed by atoms with E-state index < -0.39 is 26.9 Å². The molecule has 0 aliphatic rings. The summed E-state index contributed by atoms with van der Waals surface area (Å²) in [5.74, 6) is 0. The normalized spacial score (nSPS) is 18.8. The summed E-state index contributed by atoms with van der Waals surface area (Å²) in [5, 5.41) is 1.27. The van der Waals surface area contributed by atoms with Gasteiger partial charge in [0.2, 0.25) is 5.71 Å². The summed E-state index contributed by atoms with van der Waals surface area (Å²) in [4.78, 5) is 8.56. The molecule has 0 atom stereocenters. The zero-order chi connectivity index (χ0) is 29.3. The van der Waals surface area contributed by atoms with Gasteiger partial charge in [-0.25, -0.2) is 4.98 Å². The molecule has 5 aromatic rings. The van der Waals surface area contributed by atoms with Gasteiger partial charge in [0.1, 0.15) is 5.58 Å². The molecule has 0 N–H and O–H groups in total. The number of hydrogen-bond donors (Lipinski definition) is 0. The first-order chi connectivity index (χ1) is 18.5. The van der Waals surface area contributed by atoms with Gasteiger partial charge in [-0.3, -0.25) is 4.98 Å². The average molecular weight is 390 g/mol. The van der Waals surface area contributed by atoms with Crippen LogP contribution in [0.5, 0.6) is 0 Å². The van der Waals surface area contributed by atoms with E-state index in [1.54, 1.807) is 24.3 Å². The van der Waals surface area contributed by atoms with Crippen molar-refractivity contribution >= 4 is 22.1 Å². The Kier molecular flexibility index (Phi) is 2.21. The van der Waals surface area contributed by atoms with Crippen LogP contribution in [0.25, 0.3) is 33.3 Å². The number of aromatic nitrogens is 2. The number of hydrogen-bond acceptors (Lipinski definition) is 3. The predicted molar refractivity (Wildman–Crippen MR) is 118 cm³/mol. The minimum atomic E-state index is -2.76. The first-order valence-electron chi connectivity index (χ1n) is 14.4. The lowest BCUT2D eigenvalue weighted by atomic mass is 9.98. The third-order valence-corrected chi connectivity index (χ3v) is 4.70. The molecule has 0 unspecified atom stereocenters. The van der Waals surface area contributed by atoms with Crippen LogP contribution < -0.4 is 0 Å². The van der Waals surface area contributed by atoms with Gasteiger partial charge >= 0.3 is 0 Å². The van der Waals surface area contributed by atoms with E-state index in [1.165, 1.54) is 36.5 Å². The fourth-order valence-electron chi connectivity index (χ4n) is 3.35. The molecule has 0 saturated heterocycles. The van der Waals surface area contributed by atoms with E-state index in [0.29, 0.717) is 27.6 Å². The molecule has 142 valence electrons. The number of rotatable bonds is 3. The van der Waals surface area contributed by atoms with Gasteiger partial charge in [-0.15, -0.1) is 0 Å². The third-order valence-electron chi connectivity index (χ3n) is 4.70. The summed E-state index contributed by atoms with van der Waals surface area (Å²) in [6.45, 7) is -7.73. The van der Waals surface area contributed by atoms with Gasteiger partial charge in [-0.2, -0.15) is 0 Å². The van der Waals surface area contributed by atoms with Gasteiger partial charge in [0.05, 0.1) is 5.69 Å². The number of aryl methyl sites for hydroxylation is 3. The monoisotopic (exact) mass is 389 g/mol. The first-order valence-corrected chi connectivity index (χ1v) is 8.93. The SMILES string of the molecule is [2H]C([2H])([2H])c1ccc(C([2H])([2H])c2ccnc(-c3cccc4c3oc3nc(C([2H])([2H])[2H])ccc34)c2)c(C([2H])([2H])[2H])c1. The molecule has 0 aliphatic carbocycles. The third kappa shape index (κ3) is 3.19. The molecular formula is C26H22N2O. The molecule has 0 saturated carbocycles. The van der Waals surface area contributed by atoms with Gasteiger partial charge < -0.3 is 4.42 Å². The van der Waals surface area contributed by atoms with Gasteiger partial charge in [0, 0.05) is 43.3 Å². The summed E-state index contributed by atoms with van der Waals surface area (Å²) in [7, 11) is 0. The van der Waals surface area contributed by atoms with E-state index in [2.05, 4.69) is 9.97 Å². The number of nitrogens with zero attached hydrogens (tertiary/aromatic N) is 2. The van der Waals surface area contributed by atoms with E-state index in [9.17, 15) is 0 Å². The molecule has 2 aromatic carbocycles. The summed E-state index contributed by atoms with van der Waals surface area (Å²) in [6.07, 6.45) is -0.937. The molecule has 0 bridgehead atoms. The number of fused-ring (bicyclic) bond motifs is 3. The van der Waals surface area contributed by atoms with Crippen molar-refractivity contribution in [3.63, 3.8) is 0 Å². The Balaban J connectivity index is 1.65. The van der Waals surface area contributed by atoms with Crippen molar-refractivity contribution in [3.05, 3.63) is 94.8 Å². The van der Waals surface area contributed by atoms with E-state index in [-0.39, 0.29) is 33.7 Å². The lowest BCUT2D eigenvalue weighted by Gasteiger charge is -2.09. The fraction of sp³-hybridized carbons (Fsp3) is 0.154. The molecule has 0 spiro atoms. The number of furan rings is 1. The highest BCUT2D eigenvalue weighted by atomic mass is 16.3. The number of pyridine rings is 2. The molecule has 3 heteroatoms. The molecule has 0 radical (unpaired) electrons. The van der Waals surface area contributed by atoms with Crippen molar-refractivity contribution in [1.29, 1.82) is 0 Å². The quantitative estimate of drug-likeness (QED) is 0.351. The van der Waals surface area contributed by atoms with Crippen LogP contribution in [0, 0.1) is 20.6 Å². The highest BCUT2D eigenvalue weighted by molar-refractivity contribution is 6.08. The van der Waals surface area contributed by atoms with E-state index in [4.69, 9.17) is 19.5 Å². The van der Waals surface area contributed by atoms with Crippen molar-refractivity contribution in [1.82, 2.24) is 9.97 Å². The Morgan fingerprint density at radius 1 is 0.966 bits per heavy atom. The smallest absolute Gasteiger partial charge is 0.227 e. The second kappa shape index (κ2) is 6.85. The van der Waals surface area contributed by atoms with Crippen LogP contribution in [-0.4, -0.2) is 9.97 Å². The summed E-state index contributed by atoms with van der Waals surface area (Å²) in [6, 6.07) is 14.7. The van der Waals surface area contributed by atoms with Gasteiger partial charge in [0.25, 0.3) is 0 Å². The number of benzene rings is 2. The highest BCUT2D eigenvalue weighted by Gasteiger charge is 2.14. The average Bonchev–Trinajstić information content (AvgIpc) is 3.25. The highest BCUT2D eigenvalue weighted by Crippen LogP contribution is 2.34. The van der Waals surface area contributed by atoms with Crippen LogP contribution in [0.15, 0.2) is 71.3 Å². The molecule has 0 aliphatic heterocycles. The molecule has 3 nitrogen and oxygen atoms in total. The largest absolute Gasteiger partial charge is 0.437 e. The molecule has 5 rings (SSSR count). The summed E-state index contributed by atoms with van der Waals surface area (Å²) in [5.41, 5.74) is 0.571. The molecular weight excluding hydrogens is 356 g/mol. The van der Waals surface area contributed by atoms with Crippen LogP contribution in [-0.2, 0) is 6.37 Å². The van der Waals surface area contributed by atoms with Crippen LogP contribution in [0.1, 0.15) is 43.0 Å². The van der Waals surface area contributed by atoms with Gasteiger partial charge in [-0.05, 0) is 74.0 Å². The maximum Gasteiger partial charge on any atom is 0.227 e. The topological polar surface area (TPSA) is 38.9 Å². The van der Waals surface area contributed by atoms with E-state index in [1.807, 2.05) is 0 Å². The van der Waals surface area contributed by atoms with Crippen molar-refractivity contribution in [2.45, 2.75) is 26.9 Å². The predicted octanol–water partition coefficient (Wildman–Crippen LogP) is 6.56. The zero-order valence-corrected chi connectivity index (χ0v) is 15.2. The van der Waals surface area contributed by atoms with Crippen molar-refractivity contribution in [2.75, 3.05) is 0 Å². The van der Waals surface area contributed by atoms with E-state index in [0.717, 1.165) is 6.07 Å². The Labute approximate surface area is 185 Å². The second-order valence-corrected chi connectivity index (χ2v) is 6.65. The molecule has 0 amide bonds. The second-order valence-electron chi connectivity index (χ2n) is 6.65. The molecule has 3 aromatic heterocycles. The van der Waals surface area contributed by atoms with Crippen molar-refractivity contribution < 1.29 is 19.5 Å². The Morgan fingerprint density at radius 2 is 1.97 bits per heavy atom.